The molecule has 1 amide bonds. The summed E-state index contributed by atoms with van der Waals surface area (Å²) in [4.78, 5) is 23.6. The Bertz CT molecular complexity index is 566. The van der Waals surface area contributed by atoms with Crippen molar-refractivity contribution in [3.05, 3.63) is 29.8 Å². The number of carbonyl (C=O) groups excluding carboxylic acids is 2. The van der Waals surface area contributed by atoms with Crippen molar-refractivity contribution in [2.75, 3.05) is 6.61 Å². The first kappa shape index (κ1) is 17.6. The van der Waals surface area contributed by atoms with Crippen LogP contribution in [0.25, 0.3) is 6.08 Å². The molecule has 0 saturated heterocycles. The number of nitrogens with one attached hydrogen (secondary N) is 1. The Labute approximate surface area is 129 Å². The molecule has 3 N–H and O–H groups in total. The fraction of sp³-hybridized carbons (Fsp3) is 0.375. The molecule has 0 saturated carbocycles. The highest BCUT2D eigenvalue weighted by atomic mass is 16.5. The number of aromatic hydroxyl groups is 2. The maximum absolute atomic E-state index is 11.9. The molecule has 6 nitrogen and oxygen atoms in total. The molecule has 0 aliphatic rings. The number of phenolic OH excluding ortho intramolecular Hbond substituents is 2. The van der Waals surface area contributed by atoms with E-state index in [0.717, 1.165) is 0 Å². The van der Waals surface area contributed by atoms with Crippen LogP contribution in [-0.2, 0) is 14.3 Å². The molecule has 22 heavy (non-hydrogen) atoms. The highest BCUT2D eigenvalue weighted by molar-refractivity contribution is 5.94. The molecular formula is C16H21NO5. The lowest BCUT2D eigenvalue weighted by molar-refractivity contribution is -0.148. The van der Waals surface area contributed by atoms with Crippen LogP contribution in [0.3, 0.4) is 0 Å². The van der Waals surface area contributed by atoms with Gasteiger partial charge in [-0.3, -0.25) is 4.79 Å². The van der Waals surface area contributed by atoms with E-state index in [1.54, 1.807) is 13.0 Å². The maximum Gasteiger partial charge on any atom is 0.328 e. The molecule has 120 valence electrons. The monoisotopic (exact) mass is 307 g/mol. The zero-order chi connectivity index (χ0) is 16.7. The molecule has 0 aliphatic carbocycles. The summed E-state index contributed by atoms with van der Waals surface area (Å²) in [7, 11) is 0. The zero-order valence-electron chi connectivity index (χ0n) is 12.9. The van der Waals surface area contributed by atoms with Crippen molar-refractivity contribution in [2.24, 2.45) is 5.92 Å². The van der Waals surface area contributed by atoms with Crippen molar-refractivity contribution in [1.82, 2.24) is 5.32 Å². The topological polar surface area (TPSA) is 95.9 Å². The van der Waals surface area contributed by atoms with Gasteiger partial charge >= 0.3 is 5.97 Å². The lowest BCUT2D eigenvalue weighted by Gasteiger charge is -2.19. The average Bonchev–Trinajstić information content (AvgIpc) is 2.45. The van der Waals surface area contributed by atoms with Crippen LogP contribution in [0.4, 0.5) is 0 Å². The predicted octanol–water partition coefficient (Wildman–Crippen LogP) is 1.81. The summed E-state index contributed by atoms with van der Waals surface area (Å²) in [5.74, 6) is -1.52. The van der Waals surface area contributed by atoms with E-state index in [-0.39, 0.29) is 24.0 Å². The van der Waals surface area contributed by atoms with E-state index >= 15 is 0 Å². The van der Waals surface area contributed by atoms with Gasteiger partial charge in [0, 0.05) is 6.08 Å². The normalized spacial score (nSPS) is 12.4. The van der Waals surface area contributed by atoms with Gasteiger partial charge in [0.1, 0.15) is 6.04 Å². The Morgan fingerprint density at radius 1 is 1.27 bits per heavy atom. The minimum absolute atomic E-state index is 0.103. The molecule has 1 aromatic rings. The van der Waals surface area contributed by atoms with E-state index in [1.165, 1.54) is 24.3 Å². The molecule has 0 heterocycles. The van der Waals surface area contributed by atoms with Crippen LogP contribution in [0.5, 0.6) is 11.5 Å². The van der Waals surface area contributed by atoms with E-state index in [0.29, 0.717) is 5.56 Å². The Morgan fingerprint density at radius 3 is 2.50 bits per heavy atom. The number of rotatable bonds is 6. The second-order valence-corrected chi connectivity index (χ2v) is 5.06. The molecule has 0 spiro atoms. The predicted molar refractivity (Wildman–Crippen MR) is 82.2 cm³/mol. The summed E-state index contributed by atoms with van der Waals surface area (Å²) in [6, 6.07) is 3.47. The van der Waals surface area contributed by atoms with Crippen LogP contribution in [0.2, 0.25) is 0 Å². The van der Waals surface area contributed by atoms with Crippen molar-refractivity contribution in [2.45, 2.75) is 26.8 Å². The van der Waals surface area contributed by atoms with Gasteiger partial charge in [-0.25, -0.2) is 4.79 Å². The summed E-state index contributed by atoms with van der Waals surface area (Å²) in [5, 5.41) is 21.2. The molecule has 0 aromatic heterocycles. The smallest absolute Gasteiger partial charge is 0.328 e. The molecule has 0 aliphatic heterocycles. The van der Waals surface area contributed by atoms with Crippen molar-refractivity contribution in [1.29, 1.82) is 0 Å². The summed E-state index contributed by atoms with van der Waals surface area (Å²) in [6.45, 7) is 5.57. The van der Waals surface area contributed by atoms with E-state index in [2.05, 4.69) is 5.32 Å². The fourth-order valence-electron chi connectivity index (χ4n) is 1.75. The third kappa shape index (κ3) is 5.12. The molecule has 1 atom stereocenters. The van der Waals surface area contributed by atoms with Crippen molar-refractivity contribution >= 4 is 18.0 Å². The molecule has 6 heteroatoms. The van der Waals surface area contributed by atoms with E-state index < -0.39 is 17.9 Å². The lowest BCUT2D eigenvalue weighted by atomic mass is 10.0. The minimum atomic E-state index is -0.717. The van der Waals surface area contributed by atoms with Gasteiger partial charge in [-0.15, -0.1) is 0 Å². The second kappa shape index (κ2) is 8.07. The largest absolute Gasteiger partial charge is 0.504 e. The molecule has 0 bridgehead atoms. The van der Waals surface area contributed by atoms with E-state index in [4.69, 9.17) is 4.74 Å². The highest BCUT2D eigenvalue weighted by Crippen LogP contribution is 2.25. The molecule has 0 radical (unpaired) electrons. The Hall–Kier alpha value is -2.50. The Balaban J connectivity index is 2.72. The second-order valence-electron chi connectivity index (χ2n) is 5.06. The van der Waals surface area contributed by atoms with Crippen molar-refractivity contribution in [3.8, 4) is 11.5 Å². The van der Waals surface area contributed by atoms with E-state index in [1.807, 2.05) is 13.8 Å². The summed E-state index contributed by atoms with van der Waals surface area (Å²) < 4.78 is 4.92. The minimum Gasteiger partial charge on any atom is -0.504 e. The van der Waals surface area contributed by atoms with E-state index in [9.17, 15) is 19.8 Å². The summed E-state index contributed by atoms with van der Waals surface area (Å²) in [5.41, 5.74) is 0.544. The van der Waals surface area contributed by atoms with Gasteiger partial charge in [0.25, 0.3) is 0 Å². The number of phenols is 2. The van der Waals surface area contributed by atoms with Gasteiger partial charge in [0.05, 0.1) is 6.61 Å². The van der Waals surface area contributed by atoms with Gasteiger partial charge in [-0.1, -0.05) is 19.9 Å². The maximum atomic E-state index is 11.9. The Kier molecular flexibility index (Phi) is 6.44. The van der Waals surface area contributed by atoms with Gasteiger partial charge in [0.2, 0.25) is 5.91 Å². The molecule has 0 unspecified atom stereocenters. The van der Waals surface area contributed by atoms with Crippen LogP contribution in [0.15, 0.2) is 24.3 Å². The third-order valence-electron chi connectivity index (χ3n) is 2.93. The van der Waals surface area contributed by atoms with Gasteiger partial charge in [-0.2, -0.15) is 0 Å². The van der Waals surface area contributed by atoms with Crippen LogP contribution >= 0.6 is 0 Å². The number of hydrogen-bond donors (Lipinski definition) is 3. The SMILES string of the molecule is CCOC(=O)[C@@H](NC(=O)/C=C/c1ccc(O)c(O)c1)C(C)C. The molecule has 1 aromatic carbocycles. The van der Waals surface area contributed by atoms with Crippen LogP contribution in [0, 0.1) is 5.92 Å². The average molecular weight is 307 g/mol. The Morgan fingerprint density at radius 2 is 1.95 bits per heavy atom. The molecular weight excluding hydrogens is 286 g/mol. The molecule has 1 rings (SSSR count). The van der Waals surface area contributed by atoms with Gasteiger partial charge in [-0.05, 0) is 36.6 Å². The van der Waals surface area contributed by atoms with Crippen molar-refractivity contribution < 1.29 is 24.5 Å². The number of ether oxygens (including phenoxy) is 1. The highest BCUT2D eigenvalue weighted by Gasteiger charge is 2.24. The van der Waals surface area contributed by atoms with Crippen LogP contribution in [0.1, 0.15) is 26.3 Å². The number of benzene rings is 1. The standard InChI is InChI=1S/C16H21NO5/c1-4-22-16(21)15(10(2)3)17-14(20)8-6-11-5-7-12(18)13(19)9-11/h5-10,15,18-19H,4H2,1-3H3,(H,17,20)/b8-6+/t15-/m0/s1. The van der Waals surface area contributed by atoms with Crippen molar-refractivity contribution in [3.63, 3.8) is 0 Å². The third-order valence-corrected chi connectivity index (χ3v) is 2.93. The quantitative estimate of drug-likeness (QED) is 0.423. The number of hydrogen-bond acceptors (Lipinski definition) is 5. The first-order valence-corrected chi connectivity index (χ1v) is 7.02. The number of amides is 1. The summed E-state index contributed by atoms with van der Waals surface area (Å²) >= 11 is 0. The fourth-order valence-corrected chi connectivity index (χ4v) is 1.75. The van der Waals surface area contributed by atoms with Gasteiger partial charge in [0.15, 0.2) is 11.5 Å². The summed E-state index contributed by atoms with van der Waals surface area (Å²) in [6.07, 6.45) is 2.72. The zero-order valence-corrected chi connectivity index (χ0v) is 12.9. The number of esters is 1. The first-order chi connectivity index (χ1) is 10.3. The van der Waals surface area contributed by atoms with Gasteiger partial charge < -0.3 is 20.3 Å². The van der Waals surface area contributed by atoms with Crippen LogP contribution in [-0.4, -0.2) is 34.7 Å². The first-order valence-electron chi connectivity index (χ1n) is 7.02. The van der Waals surface area contributed by atoms with Crippen LogP contribution < -0.4 is 5.32 Å². The molecule has 0 fully saturated rings. The lowest BCUT2D eigenvalue weighted by Crippen LogP contribution is -2.44. The number of carbonyl (C=O) groups is 2.